The molecule has 8 nitrogen and oxygen atoms in total. The van der Waals surface area contributed by atoms with Crippen LogP contribution in [0, 0.1) is 6.92 Å². The molecule has 3 N–H and O–H groups in total. The van der Waals surface area contributed by atoms with Crippen molar-refractivity contribution in [3.8, 4) is 11.4 Å². The lowest BCUT2D eigenvalue weighted by atomic mass is 10.2. The fourth-order valence-corrected chi connectivity index (χ4v) is 2.50. The number of aryl methyl sites for hydroxylation is 1. The number of carbonyl (C=O) groups excluding carboxylic acids is 1. The molecule has 3 aromatic rings. The molecule has 0 aliphatic carbocycles. The summed E-state index contributed by atoms with van der Waals surface area (Å²) < 4.78 is 0. The number of hydrogen-bond donors (Lipinski definition) is 3. The lowest BCUT2D eigenvalue weighted by Gasteiger charge is -2.11. The quantitative estimate of drug-likeness (QED) is 0.456. The van der Waals surface area contributed by atoms with E-state index in [9.17, 15) is 4.79 Å². The Kier molecular flexibility index (Phi) is 5.94. The van der Waals surface area contributed by atoms with Crippen molar-refractivity contribution in [1.29, 1.82) is 0 Å². The van der Waals surface area contributed by atoms with Crippen LogP contribution in [0.15, 0.2) is 48.5 Å². The lowest BCUT2D eigenvalue weighted by molar-refractivity contribution is -0.122. The zero-order valence-electron chi connectivity index (χ0n) is 14.3. The molecule has 0 spiro atoms. The Hall–Kier alpha value is -3.04. The third kappa shape index (κ3) is 5.47. The molecule has 27 heavy (non-hydrogen) atoms. The highest BCUT2D eigenvalue weighted by molar-refractivity contribution is 7.80. The summed E-state index contributed by atoms with van der Waals surface area (Å²) in [4.78, 5) is 13.2. The highest BCUT2D eigenvalue weighted by Gasteiger charge is 2.09. The van der Waals surface area contributed by atoms with Crippen LogP contribution in [-0.4, -0.2) is 31.2 Å². The Labute approximate surface area is 165 Å². The van der Waals surface area contributed by atoms with Gasteiger partial charge in [0.05, 0.1) is 0 Å². The molecule has 0 atom stereocenters. The van der Waals surface area contributed by atoms with Gasteiger partial charge in [0.2, 0.25) is 5.82 Å². The van der Waals surface area contributed by atoms with Gasteiger partial charge in [0.15, 0.2) is 5.11 Å². The van der Waals surface area contributed by atoms with E-state index in [4.69, 9.17) is 23.8 Å². The summed E-state index contributed by atoms with van der Waals surface area (Å²) in [6.07, 6.45) is 0. The molecule has 2 aromatic carbocycles. The van der Waals surface area contributed by atoms with Gasteiger partial charge in [0.25, 0.3) is 5.91 Å². The molecule has 0 unspecified atom stereocenters. The number of rotatable bonds is 4. The Morgan fingerprint density at radius 1 is 1.19 bits per heavy atom. The molecule has 10 heteroatoms. The molecule has 0 aliphatic rings. The number of amides is 1. The number of thiocarbonyl (C=S) groups is 1. The van der Waals surface area contributed by atoms with Crippen molar-refractivity contribution in [2.45, 2.75) is 13.5 Å². The molecule has 3 rings (SSSR count). The molecule has 0 aliphatic heterocycles. The lowest BCUT2D eigenvalue weighted by Crippen LogP contribution is -2.45. The summed E-state index contributed by atoms with van der Waals surface area (Å²) in [5, 5.41) is 15.8. The van der Waals surface area contributed by atoms with Crippen LogP contribution in [0.25, 0.3) is 11.4 Å². The maximum absolute atomic E-state index is 12.0. The first kappa shape index (κ1) is 18.7. The number of tetrazole rings is 1. The molecular weight excluding hydrogens is 386 g/mol. The standard InChI is InChI=1S/C17H16ClN7OS/c1-11-3-2-4-14(9-11)19-17(27)22-20-15(26)10-25-23-16(21-24-25)12-5-7-13(18)8-6-12/h2-9H,10H2,1H3,(H,20,26)(H2,19,22,27). The average molecular weight is 402 g/mol. The van der Waals surface area contributed by atoms with E-state index in [0.29, 0.717) is 10.8 Å². The van der Waals surface area contributed by atoms with Crippen LogP contribution in [0.4, 0.5) is 5.69 Å². The number of halogens is 1. The minimum absolute atomic E-state index is 0.110. The molecule has 0 radical (unpaired) electrons. The Morgan fingerprint density at radius 2 is 1.96 bits per heavy atom. The van der Waals surface area contributed by atoms with Crippen molar-refractivity contribution in [2.75, 3.05) is 5.32 Å². The van der Waals surface area contributed by atoms with Gasteiger partial charge in [-0.3, -0.25) is 15.6 Å². The second-order valence-electron chi connectivity index (χ2n) is 5.65. The molecule has 0 fully saturated rings. The molecule has 0 bridgehead atoms. The van der Waals surface area contributed by atoms with E-state index in [1.54, 1.807) is 24.3 Å². The number of aromatic nitrogens is 4. The molecule has 0 saturated heterocycles. The van der Waals surface area contributed by atoms with Gasteiger partial charge in [0.1, 0.15) is 6.54 Å². The van der Waals surface area contributed by atoms with Gasteiger partial charge in [-0.25, -0.2) is 0 Å². The summed E-state index contributed by atoms with van der Waals surface area (Å²) in [7, 11) is 0. The SMILES string of the molecule is Cc1cccc(NC(=S)NNC(=O)Cn2nnc(-c3ccc(Cl)cc3)n2)c1. The Bertz CT molecular complexity index is 958. The van der Waals surface area contributed by atoms with Crippen molar-refractivity contribution >= 4 is 40.5 Å². The van der Waals surface area contributed by atoms with E-state index in [2.05, 4.69) is 31.6 Å². The molecule has 1 heterocycles. The smallest absolute Gasteiger partial charge is 0.262 e. The third-order valence-corrected chi connectivity index (χ3v) is 3.89. The van der Waals surface area contributed by atoms with Crippen LogP contribution >= 0.6 is 23.8 Å². The first-order chi connectivity index (χ1) is 13.0. The van der Waals surface area contributed by atoms with Crippen molar-refractivity contribution in [1.82, 2.24) is 31.1 Å². The van der Waals surface area contributed by atoms with E-state index in [1.165, 1.54) is 4.80 Å². The molecule has 138 valence electrons. The van der Waals surface area contributed by atoms with Crippen LogP contribution < -0.4 is 16.2 Å². The van der Waals surface area contributed by atoms with Crippen molar-refractivity contribution in [3.63, 3.8) is 0 Å². The van der Waals surface area contributed by atoms with Crippen LogP contribution in [-0.2, 0) is 11.3 Å². The number of carbonyl (C=O) groups is 1. The minimum Gasteiger partial charge on any atom is -0.331 e. The van der Waals surface area contributed by atoms with Crippen LogP contribution in [0.1, 0.15) is 5.56 Å². The molecule has 0 saturated carbocycles. The summed E-state index contributed by atoms with van der Waals surface area (Å²) in [6.45, 7) is 1.87. The fraction of sp³-hybridized carbons (Fsp3) is 0.118. The largest absolute Gasteiger partial charge is 0.331 e. The highest BCUT2D eigenvalue weighted by atomic mass is 35.5. The van der Waals surface area contributed by atoms with Crippen molar-refractivity contribution < 1.29 is 4.79 Å². The van der Waals surface area contributed by atoms with Gasteiger partial charge in [-0.15, -0.1) is 10.2 Å². The van der Waals surface area contributed by atoms with E-state index in [1.807, 2.05) is 31.2 Å². The van der Waals surface area contributed by atoms with Gasteiger partial charge in [-0.05, 0) is 66.3 Å². The van der Waals surface area contributed by atoms with Gasteiger partial charge in [-0.2, -0.15) is 4.80 Å². The monoisotopic (exact) mass is 401 g/mol. The third-order valence-electron chi connectivity index (χ3n) is 3.43. The maximum Gasteiger partial charge on any atom is 0.262 e. The molecule has 1 amide bonds. The highest BCUT2D eigenvalue weighted by Crippen LogP contribution is 2.16. The van der Waals surface area contributed by atoms with Crippen molar-refractivity contribution in [3.05, 3.63) is 59.1 Å². The van der Waals surface area contributed by atoms with Crippen LogP contribution in [0.5, 0.6) is 0 Å². The predicted molar refractivity (Wildman–Crippen MR) is 107 cm³/mol. The maximum atomic E-state index is 12.0. The van der Waals surface area contributed by atoms with E-state index in [0.717, 1.165) is 16.8 Å². The summed E-state index contributed by atoms with van der Waals surface area (Å²) in [5.41, 5.74) is 7.80. The summed E-state index contributed by atoms with van der Waals surface area (Å²) in [5.74, 6) is 0.0347. The fourth-order valence-electron chi connectivity index (χ4n) is 2.20. The minimum atomic E-state index is -0.372. The molecular formula is C17H16ClN7OS. The zero-order valence-corrected chi connectivity index (χ0v) is 15.9. The van der Waals surface area contributed by atoms with E-state index in [-0.39, 0.29) is 17.6 Å². The number of nitrogens with zero attached hydrogens (tertiary/aromatic N) is 4. The van der Waals surface area contributed by atoms with Gasteiger partial charge >= 0.3 is 0 Å². The van der Waals surface area contributed by atoms with Gasteiger partial charge in [-0.1, -0.05) is 23.7 Å². The number of anilines is 1. The summed E-state index contributed by atoms with van der Waals surface area (Å²) >= 11 is 11.0. The zero-order chi connectivity index (χ0) is 19.2. The summed E-state index contributed by atoms with van der Waals surface area (Å²) in [6, 6.07) is 14.7. The van der Waals surface area contributed by atoms with Crippen LogP contribution in [0.3, 0.4) is 0 Å². The average Bonchev–Trinajstić information content (AvgIpc) is 3.09. The van der Waals surface area contributed by atoms with E-state index >= 15 is 0 Å². The normalized spacial score (nSPS) is 10.3. The second kappa shape index (κ2) is 8.56. The number of nitrogens with one attached hydrogen (secondary N) is 3. The first-order valence-corrected chi connectivity index (χ1v) is 8.74. The number of benzene rings is 2. The Morgan fingerprint density at radius 3 is 2.70 bits per heavy atom. The first-order valence-electron chi connectivity index (χ1n) is 7.96. The van der Waals surface area contributed by atoms with E-state index < -0.39 is 0 Å². The van der Waals surface area contributed by atoms with Crippen LogP contribution in [0.2, 0.25) is 5.02 Å². The van der Waals surface area contributed by atoms with Gasteiger partial charge in [0, 0.05) is 16.3 Å². The topological polar surface area (TPSA) is 96.8 Å². The van der Waals surface area contributed by atoms with Gasteiger partial charge < -0.3 is 5.32 Å². The number of hydrazine groups is 1. The Balaban J connectivity index is 1.49. The van der Waals surface area contributed by atoms with Crippen molar-refractivity contribution in [2.24, 2.45) is 0 Å². The number of hydrogen-bond acceptors (Lipinski definition) is 5. The second-order valence-corrected chi connectivity index (χ2v) is 6.49. The predicted octanol–water partition coefficient (Wildman–Crippen LogP) is 2.32. The molecule has 1 aromatic heterocycles.